The van der Waals surface area contributed by atoms with Crippen LogP contribution in [0.3, 0.4) is 0 Å². The largest absolute Gasteiger partial charge is 0.339 e. The molecule has 2 atom stereocenters. The van der Waals surface area contributed by atoms with Crippen LogP contribution in [0.1, 0.15) is 33.1 Å². The van der Waals surface area contributed by atoms with Crippen LogP contribution in [-0.4, -0.2) is 29.1 Å². The van der Waals surface area contributed by atoms with Gasteiger partial charge in [-0.1, -0.05) is 13.3 Å². The van der Waals surface area contributed by atoms with Crippen LogP contribution in [0.15, 0.2) is 0 Å². The van der Waals surface area contributed by atoms with E-state index in [0.717, 1.165) is 13.0 Å². The third kappa shape index (κ3) is 2.63. The summed E-state index contributed by atoms with van der Waals surface area (Å²) in [6.07, 6.45) is 3.61. The summed E-state index contributed by atoms with van der Waals surface area (Å²) in [6, 6.07) is 0.419. The Hall–Kier alpha value is -0.180. The Labute approximate surface area is 86.1 Å². The normalized spacial score (nSPS) is 29.0. The molecule has 0 aliphatic carbocycles. The van der Waals surface area contributed by atoms with Crippen molar-refractivity contribution in [1.82, 2.24) is 4.90 Å². The SMILES string of the molecule is CCC1CCC(C)N(C(=O)CS)C1. The maximum atomic E-state index is 11.5. The minimum absolute atomic E-state index is 0.189. The molecule has 1 aliphatic rings. The number of amides is 1. The standard InChI is InChI=1S/C10H19NOS/c1-3-9-5-4-8(2)11(6-9)10(12)7-13/h8-9,13H,3-7H2,1-2H3. The average Bonchev–Trinajstić information content (AvgIpc) is 2.17. The molecule has 1 heterocycles. The first kappa shape index (κ1) is 10.9. The van der Waals surface area contributed by atoms with Crippen LogP contribution in [0.4, 0.5) is 0 Å². The van der Waals surface area contributed by atoms with Crippen molar-refractivity contribution in [1.29, 1.82) is 0 Å². The molecule has 0 spiro atoms. The quantitative estimate of drug-likeness (QED) is 0.677. The Morgan fingerprint density at radius 3 is 2.77 bits per heavy atom. The van der Waals surface area contributed by atoms with Crippen LogP contribution in [0.5, 0.6) is 0 Å². The number of rotatable bonds is 2. The molecule has 0 aromatic carbocycles. The van der Waals surface area contributed by atoms with Crippen molar-refractivity contribution >= 4 is 18.5 Å². The first-order valence-electron chi connectivity index (χ1n) is 5.09. The maximum Gasteiger partial charge on any atom is 0.232 e. The van der Waals surface area contributed by atoms with Crippen LogP contribution in [0, 0.1) is 5.92 Å². The zero-order valence-corrected chi connectivity index (χ0v) is 9.39. The van der Waals surface area contributed by atoms with E-state index in [1.165, 1.54) is 12.8 Å². The molecule has 1 saturated heterocycles. The molecular weight excluding hydrogens is 182 g/mol. The molecule has 0 bridgehead atoms. The number of hydrogen-bond donors (Lipinski definition) is 1. The minimum Gasteiger partial charge on any atom is -0.339 e. The lowest BCUT2D eigenvalue weighted by Crippen LogP contribution is -2.46. The molecule has 3 heteroatoms. The number of thiol groups is 1. The van der Waals surface area contributed by atoms with E-state index in [1.54, 1.807) is 0 Å². The van der Waals surface area contributed by atoms with Crippen molar-refractivity contribution in [3.8, 4) is 0 Å². The van der Waals surface area contributed by atoms with Gasteiger partial charge in [-0.05, 0) is 25.7 Å². The van der Waals surface area contributed by atoms with Gasteiger partial charge in [-0.25, -0.2) is 0 Å². The van der Waals surface area contributed by atoms with Crippen molar-refractivity contribution in [3.05, 3.63) is 0 Å². The van der Waals surface area contributed by atoms with Crippen molar-refractivity contribution in [3.63, 3.8) is 0 Å². The summed E-state index contributed by atoms with van der Waals surface area (Å²) in [4.78, 5) is 13.5. The fourth-order valence-corrected chi connectivity index (χ4v) is 2.14. The highest BCUT2D eigenvalue weighted by atomic mass is 32.1. The van der Waals surface area contributed by atoms with Gasteiger partial charge < -0.3 is 4.90 Å². The van der Waals surface area contributed by atoms with Crippen LogP contribution < -0.4 is 0 Å². The molecule has 0 aromatic rings. The Balaban J connectivity index is 2.54. The Bertz CT molecular complexity index is 184. The lowest BCUT2D eigenvalue weighted by molar-refractivity contribution is -0.132. The topological polar surface area (TPSA) is 20.3 Å². The van der Waals surface area contributed by atoms with Crippen molar-refractivity contribution in [2.75, 3.05) is 12.3 Å². The third-order valence-electron chi connectivity index (χ3n) is 3.01. The van der Waals surface area contributed by atoms with Crippen molar-refractivity contribution < 1.29 is 4.79 Å². The zero-order chi connectivity index (χ0) is 9.84. The van der Waals surface area contributed by atoms with Gasteiger partial charge in [0, 0.05) is 12.6 Å². The van der Waals surface area contributed by atoms with Crippen molar-refractivity contribution in [2.45, 2.75) is 39.2 Å². The lowest BCUT2D eigenvalue weighted by atomic mass is 9.91. The van der Waals surface area contributed by atoms with E-state index >= 15 is 0 Å². The van der Waals surface area contributed by atoms with Crippen LogP contribution >= 0.6 is 12.6 Å². The minimum atomic E-state index is 0.189. The van der Waals surface area contributed by atoms with E-state index in [0.29, 0.717) is 17.7 Å². The van der Waals surface area contributed by atoms with E-state index < -0.39 is 0 Å². The van der Waals surface area contributed by atoms with Gasteiger partial charge in [0.2, 0.25) is 5.91 Å². The number of nitrogens with zero attached hydrogens (tertiary/aromatic N) is 1. The van der Waals surface area contributed by atoms with Gasteiger partial charge in [0.1, 0.15) is 0 Å². The fourth-order valence-electron chi connectivity index (χ4n) is 1.95. The predicted octanol–water partition coefficient (Wildman–Crippen LogP) is 1.95. The summed E-state index contributed by atoms with van der Waals surface area (Å²) >= 11 is 4.03. The number of hydrogen-bond acceptors (Lipinski definition) is 2. The molecule has 1 amide bonds. The summed E-state index contributed by atoms with van der Waals surface area (Å²) in [6.45, 7) is 5.27. The highest BCUT2D eigenvalue weighted by Gasteiger charge is 2.26. The summed E-state index contributed by atoms with van der Waals surface area (Å²) < 4.78 is 0. The second-order valence-electron chi connectivity index (χ2n) is 3.90. The Kier molecular flexibility index (Phi) is 4.10. The third-order valence-corrected chi connectivity index (χ3v) is 3.28. The van der Waals surface area contributed by atoms with Gasteiger partial charge in [-0.3, -0.25) is 4.79 Å². The van der Waals surface area contributed by atoms with Gasteiger partial charge >= 0.3 is 0 Å². The molecule has 0 N–H and O–H groups in total. The molecule has 13 heavy (non-hydrogen) atoms. The summed E-state index contributed by atoms with van der Waals surface area (Å²) in [7, 11) is 0. The second-order valence-corrected chi connectivity index (χ2v) is 4.22. The van der Waals surface area contributed by atoms with Crippen LogP contribution in [0.25, 0.3) is 0 Å². The number of likely N-dealkylation sites (tertiary alicyclic amines) is 1. The summed E-state index contributed by atoms with van der Waals surface area (Å²) in [5.41, 5.74) is 0. The number of piperidine rings is 1. The highest BCUT2D eigenvalue weighted by molar-refractivity contribution is 7.81. The molecule has 1 aliphatic heterocycles. The average molecular weight is 201 g/mol. The van der Waals surface area contributed by atoms with E-state index in [1.807, 2.05) is 4.90 Å². The highest BCUT2D eigenvalue weighted by Crippen LogP contribution is 2.23. The zero-order valence-electron chi connectivity index (χ0n) is 8.49. The lowest BCUT2D eigenvalue weighted by Gasteiger charge is -2.37. The molecule has 0 aromatic heterocycles. The first-order chi connectivity index (χ1) is 6.19. The molecule has 0 radical (unpaired) electrons. The van der Waals surface area contributed by atoms with Crippen LogP contribution in [0.2, 0.25) is 0 Å². The first-order valence-corrected chi connectivity index (χ1v) is 5.72. The summed E-state index contributed by atoms with van der Waals surface area (Å²) in [5.74, 6) is 1.25. The molecule has 76 valence electrons. The maximum absolute atomic E-state index is 11.5. The molecule has 2 nitrogen and oxygen atoms in total. The van der Waals surface area contributed by atoms with Gasteiger partial charge in [0.25, 0.3) is 0 Å². The van der Waals surface area contributed by atoms with E-state index in [4.69, 9.17) is 0 Å². The van der Waals surface area contributed by atoms with Gasteiger partial charge in [-0.15, -0.1) is 0 Å². The molecular formula is C10H19NOS. The van der Waals surface area contributed by atoms with Crippen molar-refractivity contribution in [2.24, 2.45) is 5.92 Å². The molecule has 0 saturated carbocycles. The Morgan fingerprint density at radius 1 is 1.54 bits per heavy atom. The Morgan fingerprint density at radius 2 is 2.23 bits per heavy atom. The van der Waals surface area contributed by atoms with Gasteiger partial charge in [0.15, 0.2) is 0 Å². The van der Waals surface area contributed by atoms with Gasteiger partial charge in [-0.2, -0.15) is 12.6 Å². The molecule has 1 rings (SSSR count). The van der Waals surface area contributed by atoms with E-state index in [-0.39, 0.29) is 5.91 Å². The molecule has 1 fully saturated rings. The van der Waals surface area contributed by atoms with E-state index in [9.17, 15) is 4.79 Å². The fraction of sp³-hybridized carbons (Fsp3) is 0.900. The van der Waals surface area contributed by atoms with Crippen LogP contribution in [-0.2, 0) is 4.79 Å². The number of carbonyl (C=O) groups is 1. The van der Waals surface area contributed by atoms with Gasteiger partial charge in [0.05, 0.1) is 5.75 Å². The summed E-state index contributed by atoms with van der Waals surface area (Å²) in [5, 5.41) is 0. The van der Waals surface area contributed by atoms with E-state index in [2.05, 4.69) is 26.5 Å². The second kappa shape index (κ2) is 4.89. The predicted molar refractivity (Wildman–Crippen MR) is 58.0 cm³/mol. The monoisotopic (exact) mass is 201 g/mol. The number of carbonyl (C=O) groups excluding carboxylic acids is 1. The molecule has 2 unspecified atom stereocenters. The smallest absolute Gasteiger partial charge is 0.232 e.